The highest BCUT2D eigenvalue weighted by Gasteiger charge is 2.32. The Morgan fingerprint density at radius 3 is 2.69 bits per heavy atom. The molecular weight excluding hydrogens is 202 g/mol. The monoisotopic (exact) mass is 225 g/mol. The quantitative estimate of drug-likeness (QED) is 0.750. The molecule has 1 saturated heterocycles. The van der Waals surface area contributed by atoms with Crippen molar-refractivity contribution in [3.8, 4) is 0 Å². The van der Waals surface area contributed by atoms with Gasteiger partial charge in [0.1, 0.15) is 0 Å². The lowest BCUT2D eigenvalue weighted by Gasteiger charge is -2.38. The number of hydrogen-bond acceptors (Lipinski definition) is 3. The van der Waals surface area contributed by atoms with Crippen molar-refractivity contribution >= 4 is 5.91 Å². The highest BCUT2D eigenvalue weighted by atomic mass is 16.2. The molecule has 1 aliphatic carbocycles. The lowest BCUT2D eigenvalue weighted by molar-refractivity contribution is -0.134. The van der Waals surface area contributed by atoms with Gasteiger partial charge in [0, 0.05) is 38.1 Å². The molecule has 0 radical (unpaired) electrons. The maximum Gasteiger partial charge on any atom is 0.224 e. The third kappa shape index (κ3) is 2.74. The van der Waals surface area contributed by atoms with Gasteiger partial charge < -0.3 is 15.5 Å². The van der Waals surface area contributed by atoms with Crippen LogP contribution in [-0.4, -0.2) is 54.5 Å². The fourth-order valence-electron chi connectivity index (χ4n) is 2.30. The van der Waals surface area contributed by atoms with Crippen molar-refractivity contribution in [2.45, 2.75) is 38.3 Å². The molecule has 1 aliphatic heterocycles. The normalized spacial score (nSPS) is 29.2. The summed E-state index contributed by atoms with van der Waals surface area (Å²) in [6, 6.07) is 0.567. The van der Waals surface area contributed by atoms with E-state index in [1.54, 1.807) is 0 Å². The van der Waals surface area contributed by atoms with Crippen LogP contribution in [0, 0.1) is 5.92 Å². The van der Waals surface area contributed by atoms with Crippen LogP contribution in [0.1, 0.15) is 26.2 Å². The molecule has 0 aromatic heterocycles. The van der Waals surface area contributed by atoms with Gasteiger partial charge >= 0.3 is 0 Å². The molecule has 1 saturated carbocycles. The number of carbonyl (C=O) groups excluding carboxylic acids is 1. The van der Waals surface area contributed by atoms with Crippen molar-refractivity contribution in [2.24, 2.45) is 11.7 Å². The first-order chi connectivity index (χ1) is 7.58. The van der Waals surface area contributed by atoms with E-state index in [-0.39, 0.29) is 11.9 Å². The second kappa shape index (κ2) is 4.72. The third-order valence-electron chi connectivity index (χ3n) is 3.95. The Hall–Kier alpha value is -0.610. The molecule has 1 amide bonds. The highest BCUT2D eigenvalue weighted by molar-refractivity contribution is 5.77. The van der Waals surface area contributed by atoms with E-state index in [1.165, 1.54) is 12.8 Å². The smallest absolute Gasteiger partial charge is 0.224 e. The molecule has 0 aromatic rings. The summed E-state index contributed by atoms with van der Waals surface area (Å²) in [6.45, 7) is 4.86. The predicted molar refractivity (Wildman–Crippen MR) is 64.0 cm³/mol. The highest BCUT2D eigenvalue weighted by Crippen LogP contribution is 2.33. The molecule has 2 atom stereocenters. The minimum absolute atomic E-state index is 0.0995. The van der Waals surface area contributed by atoms with E-state index in [2.05, 4.69) is 18.9 Å². The molecule has 2 N–H and O–H groups in total. The maximum atomic E-state index is 12.0. The molecule has 2 fully saturated rings. The summed E-state index contributed by atoms with van der Waals surface area (Å²) in [5.74, 6) is 0.869. The number of piperazine rings is 1. The minimum Gasteiger partial charge on any atom is -0.340 e. The van der Waals surface area contributed by atoms with E-state index in [0.717, 1.165) is 19.6 Å². The summed E-state index contributed by atoms with van der Waals surface area (Å²) in [7, 11) is 2.11. The van der Waals surface area contributed by atoms with Gasteiger partial charge in [0.15, 0.2) is 0 Å². The molecule has 4 nitrogen and oxygen atoms in total. The van der Waals surface area contributed by atoms with E-state index in [4.69, 9.17) is 5.73 Å². The molecule has 2 aliphatic rings. The van der Waals surface area contributed by atoms with E-state index in [9.17, 15) is 4.79 Å². The van der Waals surface area contributed by atoms with Gasteiger partial charge in [-0.3, -0.25) is 4.79 Å². The first-order valence-corrected chi connectivity index (χ1v) is 6.31. The van der Waals surface area contributed by atoms with Crippen LogP contribution in [-0.2, 0) is 4.79 Å². The van der Waals surface area contributed by atoms with Crippen LogP contribution in [0.4, 0.5) is 0 Å². The number of amides is 1. The third-order valence-corrected chi connectivity index (χ3v) is 3.95. The van der Waals surface area contributed by atoms with E-state index in [0.29, 0.717) is 18.4 Å². The number of carbonyl (C=O) groups is 1. The standard InChI is InChI=1S/C12H23N3O/c1-9-8-15(6-5-14(9)2)12(16)7-11(13)10-3-4-10/h9-11H,3-8,13H2,1-2H3. The van der Waals surface area contributed by atoms with Crippen molar-refractivity contribution in [2.75, 3.05) is 26.7 Å². The van der Waals surface area contributed by atoms with Crippen molar-refractivity contribution in [1.82, 2.24) is 9.80 Å². The number of nitrogens with zero attached hydrogens (tertiary/aromatic N) is 2. The van der Waals surface area contributed by atoms with Crippen LogP contribution in [0.25, 0.3) is 0 Å². The first kappa shape index (κ1) is 11.9. The summed E-state index contributed by atoms with van der Waals surface area (Å²) >= 11 is 0. The fourth-order valence-corrected chi connectivity index (χ4v) is 2.30. The van der Waals surface area contributed by atoms with Crippen LogP contribution >= 0.6 is 0 Å². The van der Waals surface area contributed by atoms with Crippen LogP contribution in [0.3, 0.4) is 0 Å². The lowest BCUT2D eigenvalue weighted by atomic mass is 10.1. The number of likely N-dealkylation sites (N-methyl/N-ethyl adjacent to an activating group) is 1. The average molecular weight is 225 g/mol. The molecule has 0 aromatic carbocycles. The molecule has 2 unspecified atom stereocenters. The van der Waals surface area contributed by atoms with Crippen LogP contribution in [0.5, 0.6) is 0 Å². The Morgan fingerprint density at radius 2 is 2.12 bits per heavy atom. The minimum atomic E-state index is 0.0995. The molecule has 0 bridgehead atoms. The SMILES string of the molecule is CC1CN(C(=O)CC(N)C2CC2)CCN1C. The average Bonchev–Trinajstić information content (AvgIpc) is 3.05. The van der Waals surface area contributed by atoms with Gasteiger partial charge in [0.05, 0.1) is 0 Å². The number of rotatable bonds is 3. The van der Waals surface area contributed by atoms with Gasteiger partial charge in [-0.2, -0.15) is 0 Å². The van der Waals surface area contributed by atoms with Gasteiger partial charge in [-0.15, -0.1) is 0 Å². The van der Waals surface area contributed by atoms with Gasteiger partial charge in [0.2, 0.25) is 5.91 Å². The zero-order valence-electron chi connectivity index (χ0n) is 10.4. The molecule has 0 spiro atoms. The lowest BCUT2D eigenvalue weighted by Crippen LogP contribution is -2.52. The Bertz CT molecular complexity index is 265. The van der Waals surface area contributed by atoms with E-state index in [1.807, 2.05) is 4.90 Å². The van der Waals surface area contributed by atoms with Crippen molar-refractivity contribution < 1.29 is 4.79 Å². The first-order valence-electron chi connectivity index (χ1n) is 6.31. The Kier molecular flexibility index (Phi) is 3.50. The fraction of sp³-hybridized carbons (Fsp3) is 0.917. The van der Waals surface area contributed by atoms with Gasteiger partial charge in [0.25, 0.3) is 0 Å². The van der Waals surface area contributed by atoms with E-state index < -0.39 is 0 Å². The van der Waals surface area contributed by atoms with E-state index >= 15 is 0 Å². The topological polar surface area (TPSA) is 49.6 Å². The van der Waals surface area contributed by atoms with Crippen molar-refractivity contribution in [3.63, 3.8) is 0 Å². The van der Waals surface area contributed by atoms with Crippen molar-refractivity contribution in [1.29, 1.82) is 0 Å². The van der Waals surface area contributed by atoms with Gasteiger partial charge in [-0.05, 0) is 32.7 Å². The molecular formula is C12H23N3O. The maximum absolute atomic E-state index is 12.0. The second-order valence-corrected chi connectivity index (χ2v) is 5.37. The van der Waals surface area contributed by atoms with Crippen LogP contribution in [0.15, 0.2) is 0 Å². The molecule has 2 rings (SSSR count). The van der Waals surface area contributed by atoms with Gasteiger partial charge in [-0.25, -0.2) is 0 Å². The molecule has 92 valence electrons. The summed E-state index contributed by atoms with van der Waals surface area (Å²) < 4.78 is 0. The summed E-state index contributed by atoms with van der Waals surface area (Å²) in [6.07, 6.45) is 2.97. The summed E-state index contributed by atoms with van der Waals surface area (Å²) in [5, 5.41) is 0. The summed E-state index contributed by atoms with van der Waals surface area (Å²) in [5.41, 5.74) is 5.99. The van der Waals surface area contributed by atoms with Crippen LogP contribution < -0.4 is 5.73 Å². The van der Waals surface area contributed by atoms with Crippen LogP contribution in [0.2, 0.25) is 0 Å². The van der Waals surface area contributed by atoms with Crippen molar-refractivity contribution in [3.05, 3.63) is 0 Å². The zero-order valence-corrected chi connectivity index (χ0v) is 10.4. The summed E-state index contributed by atoms with van der Waals surface area (Å²) in [4.78, 5) is 16.3. The molecule has 4 heteroatoms. The predicted octanol–water partition coefficient (Wildman–Crippen LogP) is 0.276. The Morgan fingerprint density at radius 1 is 1.44 bits per heavy atom. The van der Waals surface area contributed by atoms with Gasteiger partial charge in [-0.1, -0.05) is 0 Å². The molecule has 1 heterocycles. The Balaban J connectivity index is 1.80. The number of nitrogens with two attached hydrogens (primary N) is 1. The largest absolute Gasteiger partial charge is 0.340 e. The Labute approximate surface area is 97.8 Å². The zero-order chi connectivity index (χ0) is 11.7. The second-order valence-electron chi connectivity index (χ2n) is 5.37. The number of hydrogen-bond donors (Lipinski definition) is 1. The molecule has 16 heavy (non-hydrogen) atoms.